The minimum absolute atomic E-state index is 0.130. The van der Waals surface area contributed by atoms with E-state index in [4.69, 9.17) is 9.47 Å². The van der Waals surface area contributed by atoms with E-state index in [1.54, 1.807) is 6.92 Å². The summed E-state index contributed by atoms with van der Waals surface area (Å²) in [5.41, 5.74) is 0.888. The summed E-state index contributed by atoms with van der Waals surface area (Å²) in [5, 5.41) is -0.572. The van der Waals surface area contributed by atoms with Crippen LogP contribution >= 0.6 is 27.7 Å². The maximum Gasteiger partial charge on any atom is 0.289 e. The Morgan fingerprint density at radius 2 is 1.78 bits per heavy atom. The molecule has 2 rings (SSSR count). The van der Waals surface area contributed by atoms with Crippen LogP contribution in [0.25, 0.3) is 0 Å². The molecule has 0 aliphatic carbocycles. The molecule has 5 nitrogen and oxygen atoms in total. The van der Waals surface area contributed by atoms with Crippen molar-refractivity contribution in [2.45, 2.75) is 32.4 Å². The summed E-state index contributed by atoms with van der Waals surface area (Å²) in [7, 11) is 0. The zero-order chi connectivity index (χ0) is 17.0. The Morgan fingerprint density at radius 1 is 1.13 bits per heavy atom. The zero-order valence-corrected chi connectivity index (χ0v) is 15.8. The van der Waals surface area contributed by atoms with Crippen LogP contribution < -0.4 is 9.47 Å². The number of nitrogens with zero attached hydrogens (tertiary/aromatic N) is 1. The van der Waals surface area contributed by atoms with E-state index in [-0.39, 0.29) is 11.1 Å². The maximum atomic E-state index is 12.3. The van der Waals surface area contributed by atoms with Gasteiger partial charge in [0, 0.05) is 12.6 Å². The van der Waals surface area contributed by atoms with Crippen LogP contribution in [0, 0.1) is 0 Å². The van der Waals surface area contributed by atoms with E-state index in [1.165, 1.54) is 4.90 Å². The molecule has 1 aromatic carbocycles. The Kier molecular flexibility index (Phi) is 6.35. The predicted octanol–water partition coefficient (Wildman–Crippen LogP) is 3.87. The molecule has 1 atom stereocenters. The monoisotopic (exact) mass is 401 g/mol. The minimum atomic E-state index is -0.397. The summed E-state index contributed by atoms with van der Waals surface area (Å²) in [6, 6.07) is 3.73. The third-order valence-corrected chi connectivity index (χ3v) is 5.14. The van der Waals surface area contributed by atoms with E-state index >= 15 is 0 Å². The lowest BCUT2D eigenvalue weighted by atomic mass is 10.1. The highest BCUT2D eigenvalue weighted by Crippen LogP contribution is 2.37. The van der Waals surface area contributed by atoms with Crippen molar-refractivity contribution >= 4 is 38.8 Å². The number of amides is 2. The summed E-state index contributed by atoms with van der Waals surface area (Å²) in [4.78, 5) is 25.4. The largest absolute Gasteiger partial charge is 0.493 e. The second kappa shape index (κ2) is 8.06. The van der Waals surface area contributed by atoms with Gasteiger partial charge in [0.1, 0.15) is 11.5 Å². The third kappa shape index (κ3) is 4.01. The molecule has 1 fully saturated rings. The van der Waals surface area contributed by atoms with Crippen LogP contribution in [-0.4, -0.2) is 41.1 Å². The fraction of sp³-hybridized carbons (Fsp3) is 0.500. The van der Waals surface area contributed by atoms with Crippen LogP contribution in [0.5, 0.6) is 11.5 Å². The summed E-state index contributed by atoms with van der Waals surface area (Å²) in [5.74, 6) is 1.27. The number of hydrogen-bond acceptors (Lipinski definition) is 5. The Balaban J connectivity index is 2.26. The lowest BCUT2D eigenvalue weighted by molar-refractivity contribution is -0.126. The highest BCUT2D eigenvalue weighted by atomic mass is 79.9. The van der Waals surface area contributed by atoms with Crippen molar-refractivity contribution in [2.24, 2.45) is 0 Å². The van der Waals surface area contributed by atoms with Crippen molar-refractivity contribution < 1.29 is 19.1 Å². The van der Waals surface area contributed by atoms with E-state index in [0.29, 0.717) is 37.7 Å². The molecule has 0 spiro atoms. The molecule has 126 valence electrons. The van der Waals surface area contributed by atoms with Gasteiger partial charge in [0.15, 0.2) is 0 Å². The number of rotatable bonds is 7. The van der Waals surface area contributed by atoms with Crippen LogP contribution in [0.15, 0.2) is 16.6 Å². The Hall–Kier alpha value is -1.21. The van der Waals surface area contributed by atoms with Gasteiger partial charge >= 0.3 is 0 Å². The molecule has 0 aromatic heterocycles. The molecular weight excluding hydrogens is 382 g/mol. The van der Waals surface area contributed by atoms with Crippen LogP contribution in [0.4, 0.5) is 4.79 Å². The third-order valence-electron chi connectivity index (χ3n) is 3.44. The summed E-state index contributed by atoms with van der Waals surface area (Å²) < 4.78 is 12.1. The molecule has 1 heterocycles. The minimum Gasteiger partial charge on any atom is -0.493 e. The molecule has 7 heteroatoms. The molecule has 23 heavy (non-hydrogen) atoms. The van der Waals surface area contributed by atoms with Gasteiger partial charge in [-0.05, 0) is 54.8 Å². The van der Waals surface area contributed by atoms with E-state index in [1.807, 2.05) is 26.0 Å². The molecular formula is C16H20BrNO4S. The van der Waals surface area contributed by atoms with Gasteiger partial charge in [-0.1, -0.05) is 11.8 Å². The van der Waals surface area contributed by atoms with Gasteiger partial charge in [0.25, 0.3) is 5.24 Å². The number of carbonyl (C=O) groups excluding carboxylic acids is 2. The Morgan fingerprint density at radius 3 is 2.35 bits per heavy atom. The first-order chi connectivity index (χ1) is 11.0. The van der Waals surface area contributed by atoms with Crippen LogP contribution in [0.2, 0.25) is 0 Å². The average Bonchev–Trinajstić information content (AvgIpc) is 2.78. The first-order valence-corrected chi connectivity index (χ1v) is 9.29. The van der Waals surface area contributed by atoms with E-state index in [2.05, 4.69) is 15.9 Å². The maximum absolute atomic E-state index is 12.3. The summed E-state index contributed by atoms with van der Waals surface area (Å²) in [6.07, 6.45) is 0.450. The fourth-order valence-corrected chi connectivity index (χ4v) is 3.99. The van der Waals surface area contributed by atoms with Crippen molar-refractivity contribution in [2.75, 3.05) is 19.8 Å². The molecule has 1 aliphatic rings. The standard InChI is InChI=1S/C16H20BrNO4S/c1-4-18-15(19)14(23-16(18)20)8-10-7-11(17)13(22-6-3)9-12(10)21-5-2/h7,9,14H,4-6,8H2,1-3H3/t14-/m0/s1. The normalized spacial score (nSPS) is 17.7. The van der Waals surface area contributed by atoms with Gasteiger partial charge in [0.2, 0.25) is 5.91 Å². The number of imide groups is 1. The van der Waals surface area contributed by atoms with Crippen molar-refractivity contribution in [3.8, 4) is 11.5 Å². The van der Waals surface area contributed by atoms with Gasteiger partial charge in [-0.15, -0.1) is 0 Å². The Bertz CT molecular complexity index is 608. The molecule has 0 bridgehead atoms. The molecule has 1 aliphatic heterocycles. The van der Waals surface area contributed by atoms with Gasteiger partial charge in [-0.3, -0.25) is 14.5 Å². The zero-order valence-electron chi connectivity index (χ0n) is 13.4. The predicted molar refractivity (Wildman–Crippen MR) is 94.3 cm³/mol. The van der Waals surface area contributed by atoms with Crippen molar-refractivity contribution in [3.05, 3.63) is 22.2 Å². The highest BCUT2D eigenvalue weighted by molar-refractivity contribution is 9.10. The molecule has 1 saturated heterocycles. The van der Waals surface area contributed by atoms with Gasteiger partial charge in [-0.25, -0.2) is 0 Å². The van der Waals surface area contributed by atoms with E-state index in [9.17, 15) is 9.59 Å². The Labute approximate surface area is 148 Å². The van der Waals surface area contributed by atoms with Gasteiger partial charge in [0.05, 0.1) is 22.9 Å². The molecule has 2 amide bonds. The number of benzene rings is 1. The topological polar surface area (TPSA) is 55.8 Å². The van der Waals surface area contributed by atoms with Gasteiger partial charge in [-0.2, -0.15) is 0 Å². The molecule has 0 unspecified atom stereocenters. The molecule has 0 radical (unpaired) electrons. The molecule has 0 saturated carbocycles. The number of halogens is 1. The van der Waals surface area contributed by atoms with Crippen LogP contribution in [0.3, 0.4) is 0 Å². The lowest BCUT2D eigenvalue weighted by Crippen LogP contribution is -2.31. The molecule has 0 N–H and O–H groups in total. The average molecular weight is 402 g/mol. The number of hydrogen-bond donors (Lipinski definition) is 0. The fourth-order valence-electron chi connectivity index (χ4n) is 2.40. The SMILES string of the molecule is CCOc1cc(OCC)c(C[C@@H]2SC(=O)N(CC)C2=O)cc1Br. The number of ether oxygens (including phenoxy) is 2. The summed E-state index contributed by atoms with van der Waals surface area (Å²) in [6.45, 7) is 7.11. The molecule has 1 aromatic rings. The first-order valence-electron chi connectivity index (χ1n) is 7.61. The van der Waals surface area contributed by atoms with Crippen molar-refractivity contribution in [1.82, 2.24) is 4.90 Å². The van der Waals surface area contributed by atoms with Crippen molar-refractivity contribution in [3.63, 3.8) is 0 Å². The highest BCUT2D eigenvalue weighted by Gasteiger charge is 2.39. The number of carbonyl (C=O) groups is 2. The van der Waals surface area contributed by atoms with Crippen LogP contribution in [-0.2, 0) is 11.2 Å². The van der Waals surface area contributed by atoms with Crippen molar-refractivity contribution in [1.29, 1.82) is 0 Å². The van der Waals surface area contributed by atoms with Gasteiger partial charge < -0.3 is 9.47 Å². The summed E-state index contributed by atoms with van der Waals surface area (Å²) >= 11 is 4.57. The van der Waals surface area contributed by atoms with E-state index in [0.717, 1.165) is 21.8 Å². The lowest BCUT2D eigenvalue weighted by Gasteiger charge is -2.16. The van der Waals surface area contributed by atoms with Crippen LogP contribution in [0.1, 0.15) is 26.3 Å². The smallest absolute Gasteiger partial charge is 0.289 e. The number of thioether (sulfide) groups is 1. The van der Waals surface area contributed by atoms with E-state index < -0.39 is 5.25 Å². The quantitative estimate of drug-likeness (QED) is 0.693. The second-order valence-corrected chi connectivity index (χ2v) is 6.92. The second-order valence-electron chi connectivity index (χ2n) is 4.92. The first kappa shape index (κ1) is 18.1.